The minimum atomic E-state index is -0.195. The van der Waals surface area contributed by atoms with E-state index in [0.29, 0.717) is 5.56 Å². The van der Waals surface area contributed by atoms with Gasteiger partial charge in [-0.05, 0) is 74.1 Å². The van der Waals surface area contributed by atoms with Gasteiger partial charge in [0.25, 0.3) is 0 Å². The molecule has 3 rings (SSSR count). The lowest BCUT2D eigenvalue weighted by Gasteiger charge is -2.26. The number of nitriles is 1. The second-order valence-electron chi connectivity index (χ2n) is 8.45. The van der Waals surface area contributed by atoms with Crippen molar-refractivity contribution in [2.45, 2.75) is 90.1 Å². The van der Waals surface area contributed by atoms with Gasteiger partial charge in [0.15, 0.2) is 0 Å². The van der Waals surface area contributed by atoms with Crippen LogP contribution in [0.1, 0.15) is 92.6 Å². The molecule has 0 bridgehead atoms. The third-order valence-electron chi connectivity index (χ3n) is 6.37. The summed E-state index contributed by atoms with van der Waals surface area (Å²) >= 11 is 0. The van der Waals surface area contributed by atoms with Crippen LogP contribution >= 0.6 is 0 Å². The Labute approximate surface area is 164 Å². The van der Waals surface area contributed by atoms with Crippen molar-refractivity contribution in [1.82, 2.24) is 0 Å². The Morgan fingerprint density at radius 1 is 1.11 bits per heavy atom. The van der Waals surface area contributed by atoms with Crippen molar-refractivity contribution in [2.75, 3.05) is 0 Å². The zero-order chi connectivity index (χ0) is 19.1. The molecular formula is C24H33NO2. The van der Waals surface area contributed by atoms with Crippen molar-refractivity contribution in [3.05, 3.63) is 34.9 Å². The predicted octanol–water partition coefficient (Wildman–Crippen LogP) is 6.00. The number of carbonyl (C=O) groups is 1. The highest BCUT2D eigenvalue weighted by Gasteiger charge is 2.25. The predicted molar refractivity (Wildman–Crippen MR) is 107 cm³/mol. The summed E-state index contributed by atoms with van der Waals surface area (Å²) in [7, 11) is 0. The summed E-state index contributed by atoms with van der Waals surface area (Å²) in [4.78, 5) is 12.5. The first-order chi connectivity index (χ1) is 13.2. The van der Waals surface area contributed by atoms with Crippen LogP contribution in [0, 0.1) is 23.2 Å². The molecule has 0 heterocycles. The first kappa shape index (κ1) is 19.9. The van der Waals surface area contributed by atoms with Crippen LogP contribution in [-0.4, -0.2) is 12.1 Å². The second kappa shape index (κ2) is 9.93. The molecule has 0 spiro atoms. The SMILES string of the molecule is CCCCCCC1CCc2cc(C(=O)OC3CCC(C#N)CC3)ccc2C1. The van der Waals surface area contributed by atoms with Gasteiger partial charge in [0.1, 0.15) is 6.10 Å². The third kappa shape index (κ3) is 5.58. The first-order valence-electron chi connectivity index (χ1n) is 10.9. The van der Waals surface area contributed by atoms with Crippen molar-refractivity contribution >= 4 is 5.97 Å². The minimum absolute atomic E-state index is 0.0226. The maximum Gasteiger partial charge on any atom is 0.338 e. The maximum absolute atomic E-state index is 12.5. The van der Waals surface area contributed by atoms with Gasteiger partial charge in [0, 0.05) is 5.92 Å². The Kier molecular flexibility index (Phi) is 7.33. The van der Waals surface area contributed by atoms with Gasteiger partial charge in [0.05, 0.1) is 11.6 Å². The van der Waals surface area contributed by atoms with Crippen molar-refractivity contribution in [3.8, 4) is 6.07 Å². The average molecular weight is 368 g/mol. The molecule has 2 aliphatic rings. The molecule has 1 atom stereocenters. The van der Waals surface area contributed by atoms with Crippen LogP contribution in [0.15, 0.2) is 18.2 Å². The molecular weight excluding hydrogens is 334 g/mol. The number of benzene rings is 1. The van der Waals surface area contributed by atoms with Gasteiger partial charge >= 0.3 is 5.97 Å². The Morgan fingerprint density at radius 3 is 2.67 bits per heavy atom. The lowest BCUT2D eigenvalue weighted by molar-refractivity contribution is 0.0187. The van der Waals surface area contributed by atoms with Crippen molar-refractivity contribution in [1.29, 1.82) is 5.26 Å². The summed E-state index contributed by atoms with van der Waals surface area (Å²) in [5.41, 5.74) is 3.45. The molecule has 1 aromatic carbocycles. The highest BCUT2D eigenvalue weighted by Crippen LogP contribution is 2.31. The summed E-state index contributed by atoms with van der Waals surface area (Å²) in [5.74, 6) is 0.751. The van der Waals surface area contributed by atoms with Crippen LogP contribution in [0.25, 0.3) is 0 Å². The van der Waals surface area contributed by atoms with E-state index in [4.69, 9.17) is 10.00 Å². The summed E-state index contributed by atoms with van der Waals surface area (Å²) in [6, 6.07) is 8.48. The van der Waals surface area contributed by atoms with E-state index in [0.717, 1.165) is 44.4 Å². The molecule has 1 unspecified atom stereocenters. The molecule has 1 aromatic rings. The normalized spacial score (nSPS) is 24.7. The van der Waals surface area contributed by atoms with Crippen LogP contribution in [-0.2, 0) is 17.6 Å². The van der Waals surface area contributed by atoms with Gasteiger partial charge in [-0.1, -0.05) is 45.1 Å². The number of carbonyl (C=O) groups excluding carboxylic acids is 1. The van der Waals surface area contributed by atoms with E-state index in [1.54, 1.807) is 0 Å². The summed E-state index contributed by atoms with van der Waals surface area (Å²) in [6.45, 7) is 2.26. The van der Waals surface area contributed by atoms with Crippen LogP contribution in [0.3, 0.4) is 0 Å². The van der Waals surface area contributed by atoms with Gasteiger partial charge in [-0.3, -0.25) is 0 Å². The fraction of sp³-hybridized carbons (Fsp3) is 0.667. The number of esters is 1. The topological polar surface area (TPSA) is 50.1 Å². The van der Waals surface area contributed by atoms with Crippen LogP contribution in [0.5, 0.6) is 0 Å². The highest BCUT2D eigenvalue weighted by molar-refractivity contribution is 5.89. The Morgan fingerprint density at radius 2 is 1.93 bits per heavy atom. The Balaban J connectivity index is 1.51. The van der Waals surface area contributed by atoms with Crippen molar-refractivity contribution in [2.24, 2.45) is 11.8 Å². The second-order valence-corrected chi connectivity index (χ2v) is 8.45. The lowest BCUT2D eigenvalue weighted by atomic mass is 9.81. The highest BCUT2D eigenvalue weighted by atomic mass is 16.5. The molecule has 27 heavy (non-hydrogen) atoms. The molecule has 0 radical (unpaired) electrons. The standard InChI is InChI=1S/C24H33NO2/c1-2-3-4-5-6-18-7-10-21-16-22(12-11-20(21)15-18)24(26)27-23-13-8-19(17-25)9-14-23/h11-12,16,18-19,23H,2-10,13-15H2,1H3. The van der Waals surface area contributed by atoms with E-state index < -0.39 is 0 Å². The van der Waals surface area contributed by atoms with Crippen molar-refractivity contribution in [3.63, 3.8) is 0 Å². The molecule has 0 saturated heterocycles. The van der Waals surface area contributed by atoms with Gasteiger partial charge in [-0.15, -0.1) is 0 Å². The smallest absolute Gasteiger partial charge is 0.338 e. The fourth-order valence-corrected chi connectivity index (χ4v) is 4.59. The quantitative estimate of drug-likeness (QED) is 0.438. The van der Waals surface area contributed by atoms with Crippen LogP contribution < -0.4 is 0 Å². The summed E-state index contributed by atoms with van der Waals surface area (Å²) in [6.07, 6.45) is 13.5. The number of rotatable bonds is 7. The fourth-order valence-electron chi connectivity index (χ4n) is 4.59. The Bertz CT molecular complexity index is 667. The third-order valence-corrected chi connectivity index (χ3v) is 6.37. The zero-order valence-electron chi connectivity index (χ0n) is 16.7. The van der Waals surface area contributed by atoms with E-state index in [1.165, 1.54) is 49.7 Å². The van der Waals surface area contributed by atoms with Gasteiger partial charge in [-0.2, -0.15) is 5.26 Å². The number of aryl methyl sites for hydroxylation is 1. The van der Waals surface area contributed by atoms with Gasteiger partial charge < -0.3 is 4.74 Å². The lowest BCUT2D eigenvalue weighted by Crippen LogP contribution is -2.24. The number of nitrogens with zero attached hydrogens (tertiary/aromatic N) is 1. The maximum atomic E-state index is 12.5. The van der Waals surface area contributed by atoms with Crippen LogP contribution in [0.4, 0.5) is 0 Å². The zero-order valence-corrected chi connectivity index (χ0v) is 16.7. The molecule has 0 aromatic heterocycles. The van der Waals surface area contributed by atoms with E-state index >= 15 is 0 Å². The van der Waals surface area contributed by atoms with Crippen LogP contribution in [0.2, 0.25) is 0 Å². The summed E-state index contributed by atoms with van der Waals surface area (Å²) < 4.78 is 5.71. The number of ether oxygens (including phenoxy) is 1. The molecule has 1 saturated carbocycles. The minimum Gasteiger partial charge on any atom is -0.459 e. The first-order valence-corrected chi connectivity index (χ1v) is 10.9. The summed E-state index contributed by atoms with van der Waals surface area (Å²) in [5, 5.41) is 8.98. The van der Waals surface area contributed by atoms with E-state index in [9.17, 15) is 4.79 Å². The number of hydrogen-bond donors (Lipinski definition) is 0. The molecule has 0 amide bonds. The molecule has 1 fully saturated rings. The van der Waals surface area contributed by atoms with Gasteiger partial charge in [0.2, 0.25) is 0 Å². The van der Waals surface area contributed by atoms with E-state index in [1.807, 2.05) is 6.07 Å². The molecule has 3 heteroatoms. The molecule has 146 valence electrons. The number of hydrogen-bond acceptors (Lipinski definition) is 3. The molecule has 0 N–H and O–H groups in total. The Hall–Kier alpha value is -1.82. The largest absolute Gasteiger partial charge is 0.459 e. The average Bonchev–Trinajstić information content (AvgIpc) is 2.71. The van der Waals surface area contributed by atoms with Crippen molar-refractivity contribution < 1.29 is 9.53 Å². The molecule has 3 nitrogen and oxygen atoms in total. The molecule has 0 aliphatic heterocycles. The van der Waals surface area contributed by atoms with E-state index in [2.05, 4.69) is 25.1 Å². The van der Waals surface area contributed by atoms with Gasteiger partial charge in [-0.25, -0.2) is 4.79 Å². The molecule has 2 aliphatic carbocycles. The number of unbranched alkanes of at least 4 members (excludes halogenated alkanes) is 3. The number of fused-ring (bicyclic) bond motifs is 1. The monoisotopic (exact) mass is 367 g/mol. The van der Waals surface area contributed by atoms with E-state index in [-0.39, 0.29) is 18.0 Å².